The van der Waals surface area contributed by atoms with Crippen LogP contribution in [-0.4, -0.2) is 0 Å². The van der Waals surface area contributed by atoms with Crippen LogP contribution in [-0.2, 0) is 0 Å². The quantitative estimate of drug-likeness (QED) is 0.580. The van der Waals surface area contributed by atoms with Crippen molar-refractivity contribution in [3.63, 3.8) is 0 Å². The van der Waals surface area contributed by atoms with Gasteiger partial charge in [0.25, 0.3) is 0 Å². The fraction of sp³-hybridized carbons (Fsp3) is 1.00. The minimum atomic E-state index is 0.972. The SMILES string of the molecule is CC.CCC(C)CC1CCCC2CCCC21. The van der Waals surface area contributed by atoms with E-state index in [0.717, 1.165) is 23.7 Å². The highest BCUT2D eigenvalue weighted by atomic mass is 14.4. The number of hydrogen-bond donors (Lipinski definition) is 0. The first-order chi connectivity index (χ1) is 7.81. The Balaban J connectivity index is 0.000000606. The highest BCUT2D eigenvalue weighted by Crippen LogP contribution is 2.47. The second kappa shape index (κ2) is 7.35. The van der Waals surface area contributed by atoms with E-state index in [1.165, 1.54) is 25.7 Å². The van der Waals surface area contributed by atoms with E-state index in [1.54, 1.807) is 25.7 Å². The Morgan fingerprint density at radius 3 is 2.25 bits per heavy atom. The van der Waals surface area contributed by atoms with Crippen LogP contribution >= 0.6 is 0 Å². The predicted octanol–water partition coefficient (Wildman–Crippen LogP) is 5.67. The second-order valence-electron chi connectivity index (χ2n) is 5.79. The molecule has 96 valence electrons. The van der Waals surface area contributed by atoms with Crippen molar-refractivity contribution in [2.45, 2.75) is 79.1 Å². The molecule has 0 spiro atoms. The molecule has 0 heteroatoms. The predicted molar refractivity (Wildman–Crippen MR) is 73.6 cm³/mol. The largest absolute Gasteiger partial charge is 0.0683 e. The van der Waals surface area contributed by atoms with Gasteiger partial charge in [0.15, 0.2) is 0 Å². The lowest BCUT2D eigenvalue weighted by molar-refractivity contribution is 0.154. The van der Waals surface area contributed by atoms with E-state index in [2.05, 4.69) is 13.8 Å². The summed E-state index contributed by atoms with van der Waals surface area (Å²) in [5.74, 6) is 4.35. The van der Waals surface area contributed by atoms with E-state index in [-0.39, 0.29) is 0 Å². The van der Waals surface area contributed by atoms with Crippen molar-refractivity contribution in [3.8, 4) is 0 Å². The fourth-order valence-electron chi connectivity index (χ4n) is 3.88. The first kappa shape index (κ1) is 14.1. The third-order valence-electron chi connectivity index (χ3n) is 4.88. The number of fused-ring (bicyclic) bond motifs is 1. The molecule has 2 rings (SSSR count). The summed E-state index contributed by atoms with van der Waals surface area (Å²) in [6.45, 7) is 8.79. The van der Waals surface area contributed by atoms with Gasteiger partial charge in [-0.05, 0) is 36.5 Å². The van der Waals surface area contributed by atoms with Crippen LogP contribution in [0.15, 0.2) is 0 Å². The third kappa shape index (κ3) is 3.50. The highest BCUT2D eigenvalue weighted by Gasteiger charge is 2.36. The lowest BCUT2D eigenvalue weighted by atomic mass is 9.70. The van der Waals surface area contributed by atoms with Gasteiger partial charge in [0.2, 0.25) is 0 Å². The fourth-order valence-corrected chi connectivity index (χ4v) is 3.88. The van der Waals surface area contributed by atoms with Crippen molar-refractivity contribution >= 4 is 0 Å². The van der Waals surface area contributed by atoms with E-state index < -0.39 is 0 Å². The zero-order valence-electron chi connectivity index (χ0n) is 12.0. The lowest BCUT2D eigenvalue weighted by Crippen LogP contribution is -2.25. The van der Waals surface area contributed by atoms with Crippen molar-refractivity contribution in [1.82, 2.24) is 0 Å². The lowest BCUT2D eigenvalue weighted by Gasteiger charge is -2.35. The van der Waals surface area contributed by atoms with Crippen LogP contribution in [0.5, 0.6) is 0 Å². The van der Waals surface area contributed by atoms with Crippen molar-refractivity contribution in [1.29, 1.82) is 0 Å². The molecule has 0 heterocycles. The summed E-state index contributed by atoms with van der Waals surface area (Å²) in [7, 11) is 0. The molecular weight excluding hydrogens is 192 g/mol. The monoisotopic (exact) mass is 224 g/mol. The molecule has 0 N–H and O–H groups in total. The molecule has 0 bridgehead atoms. The summed E-state index contributed by atoms with van der Waals surface area (Å²) in [5, 5.41) is 0. The first-order valence-electron chi connectivity index (χ1n) is 7.81. The standard InChI is InChI=1S/C14H26.C2H6/c1-3-11(2)10-13-8-4-6-12-7-5-9-14(12)13;1-2/h11-14H,3-10H2,1-2H3;1-2H3. The van der Waals surface area contributed by atoms with E-state index in [4.69, 9.17) is 0 Å². The van der Waals surface area contributed by atoms with Crippen LogP contribution in [0, 0.1) is 23.7 Å². The summed E-state index contributed by atoms with van der Waals surface area (Å²) in [5.41, 5.74) is 0. The zero-order valence-corrected chi connectivity index (χ0v) is 12.0. The second-order valence-corrected chi connectivity index (χ2v) is 5.79. The van der Waals surface area contributed by atoms with Crippen LogP contribution in [0.4, 0.5) is 0 Å². The van der Waals surface area contributed by atoms with Gasteiger partial charge in [0.05, 0.1) is 0 Å². The molecule has 2 aliphatic rings. The molecule has 0 aromatic rings. The van der Waals surface area contributed by atoms with Gasteiger partial charge < -0.3 is 0 Å². The Bertz CT molecular complexity index is 173. The Morgan fingerprint density at radius 1 is 1.00 bits per heavy atom. The van der Waals surface area contributed by atoms with Crippen LogP contribution < -0.4 is 0 Å². The molecule has 0 amide bonds. The zero-order chi connectivity index (χ0) is 12.0. The normalized spacial score (nSPS) is 34.9. The van der Waals surface area contributed by atoms with E-state index in [9.17, 15) is 0 Å². The van der Waals surface area contributed by atoms with Gasteiger partial charge in [-0.2, -0.15) is 0 Å². The molecule has 0 radical (unpaired) electrons. The van der Waals surface area contributed by atoms with Crippen LogP contribution in [0.3, 0.4) is 0 Å². The van der Waals surface area contributed by atoms with Gasteiger partial charge in [-0.3, -0.25) is 0 Å². The van der Waals surface area contributed by atoms with E-state index in [0.29, 0.717) is 0 Å². The van der Waals surface area contributed by atoms with Gasteiger partial charge >= 0.3 is 0 Å². The van der Waals surface area contributed by atoms with Crippen molar-refractivity contribution in [2.75, 3.05) is 0 Å². The van der Waals surface area contributed by atoms with Crippen LogP contribution in [0.25, 0.3) is 0 Å². The smallest absolute Gasteiger partial charge is 0.0357 e. The third-order valence-corrected chi connectivity index (χ3v) is 4.88. The molecule has 4 atom stereocenters. The average Bonchev–Trinajstić information content (AvgIpc) is 2.81. The molecule has 2 saturated carbocycles. The maximum Gasteiger partial charge on any atom is -0.0357 e. The molecule has 2 aliphatic carbocycles. The van der Waals surface area contributed by atoms with E-state index >= 15 is 0 Å². The van der Waals surface area contributed by atoms with Crippen LogP contribution in [0.2, 0.25) is 0 Å². The molecule has 16 heavy (non-hydrogen) atoms. The summed E-state index contributed by atoms with van der Waals surface area (Å²) >= 11 is 0. The minimum Gasteiger partial charge on any atom is -0.0683 e. The van der Waals surface area contributed by atoms with Crippen molar-refractivity contribution in [3.05, 3.63) is 0 Å². The molecule has 4 unspecified atom stereocenters. The van der Waals surface area contributed by atoms with Gasteiger partial charge in [0, 0.05) is 0 Å². The molecule has 0 aliphatic heterocycles. The van der Waals surface area contributed by atoms with E-state index in [1.807, 2.05) is 13.8 Å². The molecule has 0 nitrogen and oxygen atoms in total. The molecule has 0 aromatic carbocycles. The summed E-state index contributed by atoms with van der Waals surface area (Å²) in [6.07, 6.45) is 12.2. The highest BCUT2D eigenvalue weighted by molar-refractivity contribution is 4.87. The summed E-state index contributed by atoms with van der Waals surface area (Å²) in [4.78, 5) is 0. The Morgan fingerprint density at radius 2 is 1.62 bits per heavy atom. The maximum atomic E-state index is 2.44. The summed E-state index contributed by atoms with van der Waals surface area (Å²) < 4.78 is 0. The van der Waals surface area contributed by atoms with Gasteiger partial charge in [-0.15, -0.1) is 0 Å². The van der Waals surface area contributed by atoms with Gasteiger partial charge in [-0.1, -0.05) is 66.2 Å². The Labute approximate surface area is 103 Å². The average molecular weight is 224 g/mol. The molecular formula is C16H32. The molecule has 2 fully saturated rings. The van der Waals surface area contributed by atoms with Crippen LogP contribution in [0.1, 0.15) is 79.1 Å². The van der Waals surface area contributed by atoms with Gasteiger partial charge in [0.1, 0.15) is 0 Å². The maximum absolute atomic E-state index is 2.44. The van der Waals surface area contributed by atoms with Crippen molar-refractivity contribution in [2.24, 2.45) is 23.7 Å². The van der Waals surface area contributed by atoms with Gasteiger partial charge in [-0.25, -0.2) is 0 Å². The molecule has 0 saturated heterocycles. The number of rotatable bonds is 3. The molecule has 0 aromatic heterocycles. The Hall–Kier alpha value is 0. The minimum absolute atomic E-state index is 0.972. The Kier molecular flexibility index (Phi) is 6.46. The first-order valence-corrected chi connectivity index (χ1v) is 7.81. The number of hydrogen-bond acceptors (Lipinski definition) is 0. The topological polar surface area (TPSA) is 0 Å². The van der Waals surface area contributed by atoms with Crippen molar-refractivity contribution < 1.29 is 0 Å². The summed E-state index contributed by atoms with van der Waals surface area (Å²) in [6, 6.07) is 0.